The smallest absolute Gasteiger partial charge is 0.0631 e. The summed E-state index contributed by atoms with van der Waals surface area (Å²) in [4.78, 5) is 0. The summed E-state index contributed by atoms with van der Waals surface area (Å²) in [5.74, 6) is 0.903. The van der Waals surface area contributed by atoms with Gasteiger partial charge in [-0.1, -0.05) is 29.3 Å². The minimum atomic E-state index is 0.619. The summed E-state index contributed by atoms with van der Waals surface area (Å²) in [6, 6.07) is 4.78. The van der Waals surface area contributed by atoms with Crippen LogP contribution in [0.25, 0.3) is 0 Å². The Bertz CT molecular complexity index is 383. The summed E-state index contributed by atoms with van der Waals surface area (Å²) in [5, 5.41) is 3.65. The van der Waals surface area contributed by atoms with Gasteiger partial charge in [-0.05, 0) is 69.2 Å². The van der Waals surface area contributed by atoms with Crippen molar-refractivity contribution < 1.29 is 0 Å². The molecule has 1 aliphatic rings. The molecule has 1 saturated carbocycles. The van der Waals surface area contributed by atoms with Crippen LogP contribution in [0.5, 0.6) is 0 Å². The molecule has 2 unspecified atom stereocenters. The van der Waals surface area contributed by atoms with Crippen LogP contribution in [0.15, 0.2) is 25.6 Å². The van der Waals surface area contributed by atoms with Crippen LogP contribution in [0.2, 0.25) is 0 Å². The van der Waals surface area contributed by atoms with Crippen molar-refractivity contribution in [3.63, 3.8) is 0 Å². The molecule has 0 amide bonds. The van der Waals surface area contributed by atoms with E-state index in [-0.39, 0.29) is 0 Å². The molecule has 1 N–H and O–H groups in total. The lowest BCUT2D eigenvalue weighted by molar-refractivity contribution is 0.525. The molecule has 1 aromatic carbocycles. The van der Waals surface area contributed by atoms with E-state index < -0.39 is 0 Å². The van der Waals surface area contributed by atoms with Crippen molar-refractivity contribution in [3.8, 4) is 0 Å². The second kappa shape index (κ2) is 6.07. The first-order chi connectivity index (χ1) is 8.10. The number of hydrogen-bond acceptors (Lipinski definition) is 1. The second-order valence-electron chi connectivity index (χ2n) is 4.67. The molecule has 2 atom stereocenters. The summed E-state index contributed by atoms with van der Waals surface area (Å²) in [6.07, 6.45) is 5.25. The van der Waals surface area contributed by atoms with Gasteiger partial charge < -0.3 is 5.32 Å². The van der Waals surface area contributed by atoms with E-state index in [1.165, 1.54) is 31.4 Å². The van der Waals surface area contributed by atoms with E-state index in [2.05, 4.69) is 72.2 Å². The lowest BCUT2D eigenvalue weighted by atomic mass is 10.1. The molecule has 0 spiro atoms. The second-order valence-corrected chi connectivity index (χ2v) is 7.30. The molecule has 1 fully saturated rings. The molecule has 0 aromatic heterocycles. The van der Waals surface area contributed by atoms with Crippen molar-refractivity contribution in [1.29, 1.82) is 0 Å². The maximum atomic E-state index is 3.65. The van der Waals surface area contributed by atoms with Crippen molar-refractivity contribution in [3.05, 3.63) is 25.6 Å². The summed E-state index contributed by atoms with van der Waals surface area (Å²) >= 11 is 10.7. The molecule has 94 valence electrons. The van der Waals surface area contributed by atoms with Gasteiger partial charge in [0.1, 0.15) is 0 Å². The molecule has 17 heavy (non-hydrogen) atoms. The summed E-state index contributed by atoms with van der Waals surface area (Å²) in [5.41, 5.74) is 1.18. The van der Waals surface area contributed by atoms with Crippen molar-refractivity contribution in [1.82, 2.24) is 0 Å². The van der Waals surface area contributed by atoms with Crippen LogP contribution in [0.1, 0.15) is 32.6 Å². The predicted octanol–water partition coefficient (Wildman–Crippen LogP) is 5.96. The van der Waals surface area contributed by atoms with E-state index >= 15 is 0 Å². The Morgan fingerprint density at radius 1 is 1.18 bits per heavy atom. The molecule has 2 rings (SSSR count). The Kier molecular flexibility index (Phi) is 4.96. The Labute approximate surface area is 128 Å². The Morgan fingerprint density at radius 2 is 1.82 bits per heavy atom. The van der Waals surface area contributed by atoms with Gasteiger partial charge in [-0.2, -0.15) is 0 Å². The molecule has 1 nitrogen and oxygen atoms in total. The molecule has 4 heteroatoms. The molecular formula is C13H16Br3N. The fourth-order valence-corrected chi connectivity index (χ4v) is 4.95. The third kappa shape index (κ3) is 3.48. The van der Waals surface area contributed by atoms with Gasteiger partial charge in [-0.3, -0.25) is 0 Å². The van der Waals surface area contributed by atoms with Crippen molar-refractivity contribution in [2.45, 2.75) is 38.6 Å². The van der Waals surface area contributed by atoms with Gasteiger partial charge in [0.25, 0.3) is 0 Å². The fourth-order valence-electron chi connectivity index (χ4n) is 2.46. The maximum Gasteiger partial charge on any atom is 0.0631 e. The van der Waals surface area contributed by atoms with Crippen LogP contribution in [0.3, 0.4) is 0 Å². The SMILES string of the molecule is CCC1CCC(Nc2c(Br)cc(Br)cc2Br)C1. The first-order valence-electron chi connectivity index (χ1n) is 6.01. The molecule has 1 aliphatic carbocycles. The van der Waals surface area contributed by atoms with E-state index in [4.69, 9.17) is 0 Å². The van der Waals surface area contributed by atoms with Gasteiger partial charge in [0.2, 0.25) is 0 Å². The van der Waals surface area contributed by atoms with Crippen molar-refractivity contribution in [2.24, 2.45) is 5.92 Å². The first-order valence-corrected chi connectivity index (χ1v) is 8.39. The Morgan fingerprint density at radius 3 is 2.35 bits per heavy atom. The van der Waals surface area contributed by atoms with E-state index in [1.54, 1.807) is 0 Å². The van der Waals surface area contributed by atoms with Crippen LogP contribution in [-0.4, -0.2) is 6.04 Å². The zero-order valence-electron chi connectivity index (χ0n) is 9.77. The van der Waals surface area contributed by atoms with Gasteiger partial charge in [0.05, 0.1) is 5.69 Å². The lowest BCUT2D eigenvalue weighted by Crippen LogP contribution is -2.16. The summed E-state index contributed by atoms with van der Waals surface area (Å²) in [6.45, 7) is 2.29. The minimum absolute atomic E-state index is 0.619. The molecular weight excluding hydrogens is 410 g/mol. The fraction of sp³-hybridized carbons (Fsp3) is 0.538. The average Bonchev–Trinajstić information content (AvgIpc) is 2.71. The topological polar surface area (TPSA) is 12.0 Å². The molecule has 0 saturated heterocycles. The highest BCUT2D eigenvalue weighted by Gasteiger charge is 2.24. The van der Waals surface area contributed by atoms with Crippen LogP contribution in [0, 0.1) is 5.92 Å². The largest absolute Gasteiger partial charge is 0.380 e. The Hall–Kier alpha value is 0.460. The highest BCUT2D eigenvalue weighted by Crippen LogP contribution is 2.37. The molecule has 0 radical (unpaired) electrons. The van der Waals surface area contributed by atoms with Gasteiger partial charge in [-0.15, -0.1) is 0 Å². The van der Waals surface area contributed by atoms with E-state index in [0.29, 0.717) is 6.04 Å². The minimum Gasteiger partial charge on any atom is -0.380 e. The molecule has 1 aromatic rings. The van der Waals surface area contributed by atoms with E-state index in [0.717, 1.165) is 19.3 Å². The number of rotatable bonds is 3. The van der Waals surface area contributed by atoms with Gasteiger partial charge in [-0.25, -0.2) is 0 Å². The predicted molar refractivity (Wildman–Crippen MR) is 84.6 cm³/mol. The maximum absolute atomic E-state index is 3.65. The number of benzene rings is 1. The number of nitrogens with one attached hydrogen (secondary N) is 1. The van der Waals surface area contributed by atoms with Gasteiger partial charge in [0, 0.05) is 19.5 Å². The zero-order valence-corrected chi connectivity index (χ0v) is 14.5. The standard InChI is InChI=1S/C13H16Br3N/c1-2-8-3-4-10(5-8)17-13-11(15)6-9(14)7-12(13)16/h6-8,10,17H,2-5H2,1H3. The van der Waals surface area contributed by atoms with E-state index in [9.17, 15) is 0 Å². The van der Waals surface area contributed by atoms with Crippen molar-refractivity contribution in [2.75, 3.05) is 5.32 Å². The summed E-state index contributed by atoms with van der Waals surface area (Å²) < 4.78 is 3.30. The van der Waals surface area contributed by atoms with Crippen LogP contribution in [-0.2, 0) is 0 Å². The zero-order chi connectivity index (χ0) is 12.4. The van der Waals surface area contributed by atoms with Crippen LogP contribution >= 0.6 is 47.8 Å². The number of anilines is 1. The highest BCUT2D eigenvalue weighted by molar-refractivity contribution is 9.11. The Balaban J connectivity index is 2.09. The highest BCUT2D eigenvalue weighted by atomic mass is 79.9. The molecule has 0 heterocycles. The van der Waals surface area contributed by atoms with Crippen LogP contribution < -0.4 is 5.32 Å². The summed E-state index contributed by atoms with van der Waals surface area (Å²) in [7, 11) is 0. The number of hydrogen-bond donors (Lipinski definition) is 1. The van der Waals surface area contributed by atoms with Crippen LogP contribution in [0.4, 0.5) is 5.69 Å². The van der Waals surface area contributed by atoms with E-state index in [1.807, 2.05) is 0 Å². The number of halogens is 3. The quantitative estimate of drug-likeness (QED) is 0.629. The first kappa shape index (κ1) is 13.9. The van der Waals surface area contributed by atoms with Gasteiger partial charge in [0.15, 0.2) is 0 Å². The monoisotopic (exact) mass is 423 g/mol. The third-order valence-electron chi connectivity index (χ3n) is 3.47. The molecule has 0 aliphatic heterocycles. The third-order valence-corrected chi connectivity index (χ3v) is 5.18. The average molecular weight is 426 g/mol. The lowest BCUT2D eigenvalue weighted by Gasteiger charge is -2.17. The van der Waals surface area contributed by atoms with Gasteiger partial charge >= 0.3 is 0 Å². The van der Waals surface area contributed by atoms with Crippen molar-refractivity contribution >= 4 is 53.5 Å². The normalized spacial score (nSPS) is 24.0. The molecule has 0 bridgehead atoms.